The van der Waals surface area contributed by atoms with Crippen molar-refractivity contribution in [2.75, 3.05) is 36.7 Å². The highest BCUT2D eigenvalue weighted by Gasteiger charge is 2.32. The van der Waals surface area contributed by atoms with E-state index in [2.05, 4.69) is 5.32 Å². The van der Waals surface area contributed by atoms with Crippen molar-refractivity contribution in [2.45, 2.75) is 19.4 Å². The van der Waals surface area contributed by atoms with E-state index in [1.165, 1.54) is 26.4 Å². The lowest BCUT2D eigenvalue weighted by atomic mass is 9.96. The van der Waals surface area contributed by atoms with Crippen molar-refractivity contribution in [1.82, 2.24) is 14.9 Å². The number of sulfonamides is 1. The van der Waals surface area contributed by atoms with Crippen LogP contribution in [0.3, 0.4) is 0 Å². The number of benzene rings is 3. The number of hydrogen-bond donors (Lipinski definition) is 1. The Hall–Kier alpha value is -5.01. The molecule has 0 saturated heterocycles. The van der Waals surface area contributed by atoms with Crippen LogP contribution in [0, 0.1) is 12.7 Å². The minimum atomic E-state index is -3.77. The first-order valence-corrected chi connectivity index (χ1v) is 19.4. The summed E-state index contributed by atoms with van der Waals surface area (Å²) >= 11 is 0. The molecule has 1 unspecified atom stereocenters. The van der Waals surface area contributed by atoms with E-state index in [0.29, 0.717) is 62.3 Å². The van der Waals surface area contributed by atoms with Crippen molar-refractivity contribution >= 4 is 53.3 Å². The zero-order valence-corrected chi connectivity index (χ0v) is 29.0. The van der Waals surface area contributed by atoms with Gasteiger partial charge in [-0.1, -0.05) is 42.0 Å². The fraction of sp³-hybridized carbons (Fsp3) is 0.222. The fourth-order valence-corrected chi connectivity index (χ4v) is 8.15. The Bertz CT molecular complexity index is 2560. The van der Waals surface area contributed by atoms with Crippen LogP contribution in [0.25, 0.3) is 55.8 Å². The lowest BCUT2D eigenvalue weighted by Gasteiger charge is -2.28. The highest BCUT2D eigenvalue weighted by atomic mass is 32.2. The van der Waals surface area contributed by atoms with E-state index in [-0.39, 0.29) is 22.9 Å². The minimum absolute atomic E-state index is 0.145. The van der Waals surface area contributed by atoms with Crippen LogP contribution in [0.4, 0.5) is 10.1 Å². The van der Waals surface area contributed by atoms with Crippen molar-refractivity contribution in [3.63, 3.8) is 0 Å². The molecule has 0 fully saturated rings. The molecular weight excluding hydrogens is 668 g/mol. The van der Waals surface area contributed by atoms with Crippen molar-refractivity contribution in [2.24, 2.45) is 0 Å². The maximum atomic E-state index is 15.1. The Kier molecular flexibility index (Phi) is 7.67. The smallest absolute Gasteiger partial charge is 0.255 e. The van der Waals surface area contributed by atoms with Crippen LogP contribution in [0.5, 0.6) is 0 Å². The molecule has 0 radical (unpaired) electrons. The van der Waals surface area contributed by atoms with Crippen molar-refractivity contribution in [3.05, 3.63) is 95.3 Å². The number of aromatic nitrogens is 2. The molecule has 6 aromatic rings. The molecule has 1 amide bonds. The number of carbonyl (C=O) groups excluding carboxylic acids is 1. The molecule has 7 rings (SSSR count). The van der Waals surface area contributed by atoms with Gasteiger partial charge in [0, 0.05) is 48.3 Å². The molecule has 1 aliphatic heterocycles. The van der Waals surface area contributed by atoms with Gasteiger partial charge < -0.3 is 14.3 Å². The zero-order valence-electron chi connectivity index (χ0n) is 27.4. The van der Waals surface area contributed by atoms with E-state index >= 15 is 4.39 Å². The topological polar surface area (TPSA) is 132 Å². The Morgan fingerprint density at radius 1 is 1.02 bits per heavy atom. The summed E-state index contributed by atoms with van der Waals surface area (Å²) in [5.41, 5.74) is 5.76. The molecule has 1 N–H and O–H groups in total. The molecule has 3 aromatic heterocycles. The van der Waals surface area contributed by atoms with E-state index in [9.17, 15) is 21.6 Å². The second-order valence-electron chi connectivity index (χ2n) is 12.6. The molecular formula is C36H33FN4O6S2. The van der Waals surface area contributed by atoms with Crippen LogP contribution >= 0.6 is 0 Å². The van der Waals surface area contributed by atoms with Gasteiger partial charge in [-0.2, -0.15) is 0 Å². The molecule has 0 aliphatic carbocycles. The molecule has 10 nitrogen and oxygen atoms in total. The quantitative estimate of drug-likeness (QED) is 0.212. The lowest BCUT2D eigenvalue weighted by molar-refractivity contribution is 0.0964. The summed E-state index contributed by atoms with van der Waals surface area (Å²) in [6, 6.07) is 20.3. The van der Waals surface area contributed by atoms with Gasteiger partial charge in [0.1, 0.15) is 27.0 Å². The zero-order chi connectivity index (χ0) is 35.0. The number of nitrogens with one attached hydrogen (secondary N) is 1. The molecule has 0 saturated carbocycles. The van der Waals surface area contributed by atoms with Gasteiger partial charge in [0.2, 0.25) is 10.0 Å². The summed E-state index contributed by atoms with van der Waals surface area (Å²) in [5.74, 6) is -0.635. The van der Waals surface area contributed by atoms with Crippen LogP contribution in [-0.2, 0) is 26.3 Å². The van der Waals surface area contributed by atoms with Gasteiger partial charge in [0.15, 0.2) is 0 Å². The number of hydrogen-bond acceptors (Lipinski definition) is 7. The lowest BCUT2D eigenvalue weighted by Crippen LogP contribution is -2.26. The third kappa shape index (κ3) is 5.66. The average molecular weight is 701 g/mol. The van der Waals surface area contributed by atoms with Gasteiger partial charge in [0.05, 0.1) is 51.9 Å². The summed E-state index contributed by atoms with van der Waals surface area (Å²) in [4.78, 5) is 18.4. The largest absolute Gasteiger partial charge is 0.455 e. The van der Waals surface area contributed by atoms with Gasteiger partial charge >= 0.3 is 0 Å². The number of carbonyl (C=O) groups is 1. The fourth-order valence-electron chi connectivity index (χ4n) is 6.68. The summed E-state index contributed by atoms with van der Waals surface area (Å²) in [7, 11) is -4.21. The Labute approximate surface area is 283 Å². The number of rotatable bonds is 7. The first-order valence-electron chi connectivity index (χ1n) is 15.5. The normalized spacial score (nSPS) is 14.5. The predicted molar refractivity (Wildman–Crippen MR) is 190 cm³/mol. The van der Waals surface area contributed by atoms with Gasteiger partial charge in [-0.15, -0.1) is 0 Å². The van der Waals surface area contributed by atoms with E-state index in [1.807, 2.05) is 41.8 Å². The maximum Gasteiger partial charge on any atom is 0.255 e. The number of furan rings is 1. The second kappa shape index (κ2) is 11.6. The van der Waals surface area contributed by atoms with Crippen molar-refractivity contribution in [1.29, 1.82) is 0 Å². The summed E-state index contributed by atoms with van der Waals surface area (Å²) in [6.45, 7) is 1.95. The molecule has 49 heavy (non-hydrogen) atoms. The highest BCUT2D eigenvalue weighted by Crippen LogP contribution is 2.44. The average Bonchev–Trinajstić information content (AvgIpc) is 3.63. The molecule has 4 heterocycles. The van der Waals surface area contributed by atoms with Crippen molar-refractivity contribution < 1.29 is 30.4 Å². The predicted octanol–water partition coefficient (Wildman–Crippen LogP) is 6.13. The summed E-state index contributed by atoms with van der Waals surface area (Å²) in [5, 5.41) is 3.49. The van der Waals surface area contributed by atoms with Gasteiger partial charge in [-0.3, -0.25) is 9.10 Å². The number of aryl methyl sites for hydroxylation is 1. The third-order valence-corrected chi connectivity index (χ3v) is 11.2. The Morgan fingerprint density at radius 3 is 2.43 bits per heavy atom. The SMILES string of the molecule is CNC(=O)c1c(-c2ccc(C)cc2)oc2cc(N(C)S(C)(=O)=O)c(-c3ccc4c(n3)-c3cc5c(F)cccc5n3C(CS(C)(=O)=O)C4)cc12. The van der Waals surface area contributed by atoms with Crippen LogP contribution < -0.4 is 9.62 Å². The van der Waals surface area contributed by atoms with Gasteiger partial charge in [-0.25, -0.2) is 26.2 Å². The monoisotopic (exact) mass is 700 g/mol. The first-order chi connectivity index (χ1) is 23.1. The molecule has 13 heteroatoms. The van der Waals surface area contributed by atoms with Crippen molar-refractivity contribution in [3.8, 4) is 34.0 Å². The van der Waals surface area contributed by atoms with Gasteiger partial charge in [-0.05, 0) is 49.2 Å². The van der Waals surface area contributed by atoms with E-state index in [4.69, 9.17) is 9.40 Å². The number of fused-ring (bicyclic) bond motifs is 6. The molecule has 1 atom stereocenters. The van der Waals surface area contributed by atoms with E-state index in [1.54, 1.807) is 36.4 Å². The van der Waals surface area contributed by atoms with E-state index in [0.717, 1.165) is 21.7 Å². The van der Waals surface area contributed by atoms with Gasteiger partial charge in [0.25, 0.3) is 5.91 Å². The summed E-state index contributed by atoms with van der Waals surface area (Å²) in [6.07, 6.45) is 2.60. The van der Waals surface area contributed by atoms with Crippen LogP contribution in [0.15, 0.2) is 77.2 Å². The second-order valence-corrected chi connectivity index (χ2v) is 16.8. The Morgan fingerprint density at radius 2 is 1.76 bits per heavy atom. The highest BCUT2D eigenvalue weighted by molar-refractivity contribution is 7.92. The molecule has 0 bridgehead atoms. The summed E-state index contributed by atoms with van der Waals surface area (Å²) < 4.78 is 75.2. The number of anilines is 1. The molecule has 3 aromatic carbocycles. The molecule has 1 aliphatic rings. The minimum Gasteiger partial charge on any atom is -0.455 e. The Balaban J connectivity index is 1.49. The third-order valence-electron chi connectivity index (χ3n) is 9.05. The number of nitrogens with zero attached hydrogens (tertiary/aromatic N) is 3. The van der Waals surface area contributed by atoms with E-state index < -0.39 is 31.7 Å². The maximum absolute atomic E-state index is 15.1. The van der Waals surface area contributed by atoms with Crippen LogP contribution in [0.2, 0.25) is 0 Å². The number of sulfone groups is 1. The molecule has 252 valence electrons. The first kappa shape index (κ1) is 32.5. The number of amides is 1. The number of halogens is 1. The van der Waals surface area contributed by atoms with Crippen LogP contribution in [0.1, 0.15) is 27.5 Å². The standard InChI is InChI=1S/C36H33FN4O6S2/c1-20-9-11-21(12-10-20)35-33(36(42)38-2)26-16-25(30(18-32(26)47-35)40(3)49(5,45)46)28-14-13-22-15-23(19-48(4,43)44)41-29-8-6-7-27(37)24(29)17-31(41)34(22)39-28/h6-14,16-18,23H,15,19H2,1-5H3,(H,38,42). The number of pyridine rings is 1. The van der Waals surface area contributed by atoms with Crippen LogP contribution in [-0.4, -0.2) is 64.7 Å². The molecule has 0 spiro atoms.